The summed E-state index contributed by atoms with van der Waals surface area (Å²) in [6, 6.07) is 8.92. The Morgan fingerprint density at radius 2 is 2.07 bits per heavy atom. The topological polar surface area (TPSA) is 57.1 Å². The lowest BCUT2D eigenvalue weighted by molar-refractivity contribution is -0.640. The van der Waals surface area contributed by atoms with Crippen LogP contribution in [0.15, 0.2) is 36.5 Å². The molecule has 0 fully saturated rings. The second-order valence-electron chi connectivity index (χ2n) is 2.96. The molecular weight excluding hydrogens is 180 g/mol. The Morgan fingerprint density at radius 3 is 3.00 bits per heavy atom. The van der Waals surface area contributed by atoms with Gasteiger partial charge in [0.05, 0.1) is 6.20 Å². The lowest BCUT2D eigenvalue weighted by atomic mass is 10.3. The summed E-state index contributed by atoms with van der Waals surface area (Å²) in [5.41, 5.74) is 1.83. The first-order valence-corrected chi connectivity index (χ1v) is 4.18. The highest BCUT2D eigenvalue weighted by atomic mass is 16.5. The number of hydrogen-bond acceptors (Lipinski definition) is 3. The number of hydrogen-bond donors (Lipinski definition) is 0. The number of aromatic nitrogens is 4. The van der Waals surface area contributed by atoms with Crippen molar-refractivity contribution in [2.24, 2.45) is 0 Å². The highest BCUT2D eigenvalue weighted by molar-refractivity contribution is 5.72. The van der Waals surface area contributed by atoms with Gasteiger partial charge in [-0.15, -0.1) is 0 Å². The summed E-state index contributed by atoms with van der Waals surface area (Å²) in [4.78, 5) is 0.617. The summed E-state index contributed by atoms with van der Waals surface area (Å²) >= 11 is 0. The second-order valence-corrected chi connectivity index (χ2v) is 2.96. The largest absolute Gasteiger partial charge is 0.594 e. The van der Waals surface area contributed by atoms with Crippen LogP contribution >= 0.6 is 0 Å². The van der Waals surface area contributed by atoms with E-state index in [9.17, 15) is 5.21 Å². The number of nitrogens with zero attached hydrogens (tertiary/aromatic N) is 4. The summed E-state index contributed by atoms with van der Waals surface area (Å²) < 4.78 is 1.64. The van der Waals surface area contributed by atoms with Gasteiger partial charge in [0.15, 0.2) is 0 Å². The van der Waals surface area contributed by atoms with Gasteiger partial charge in [0.1, 0.15) is 5.52 Å². The molecule has 0 aliphatic heterocycles. The van der Waals surface area contributed by atoms with Crippen LogP contribution < -0.4 is 4.85 Å². The molecule has 68 valence electrons. The first-order chi connectivity index (χ1) is 6.86. The summed E-state index contributed by atoms with van der Waals surface area (Å²) in [6.07, 6.45) is 1.62. The van der Waals surface area contributed by atoms with Crippen LogP contribution in [0.2, 0.25) is 0 Å². The van der Waals surface area contributed by atoms with Crippen molar-refractivity contribution in [1.29, 1.82) is 0 Å². The third-order valence-electron chi connectivity index (χ3n) is 2.13. The molecule has 14 heavy (non-hydrogen) atoms. The molecule has 0 unspecified atom stereocenters. The molecule has 0 atom stereocenters. The van der Waals surface area contributed by atoms with Crippen LogP contribution in [-0.4, -0.2) is 14.7 Å². The van der Waals surface area contributed by atoms with E-state index in [1.807, 2.05) is 12.1 Å². The Bertz CT molecular complexity index is 616. The van der Waals surface area contributed by atoms with E-state index in [1.165, 1.54) is 0 Å². The van der Waals surface area contributed by atoms with Gasteiger partial charge in [-0.3, -0.25) is 0 Å². The van der Waals surface area contributed by atoms with Crippen molar-refractivity contribution < 1.29 is 4.85 Å². The van der Waals surface area contributed by atoms with Crippen LogP contribution in [0.25, 0.3) is 16.7 Å². The van der Waals surface area contributed by atoms with E-state index in [4.69, 9.17) is 0 Å². The maximum Gasteiger partial charge on any atom is 0.270 e. The van der Waals surface area contributed by atoms with Crippen LogP contribution in [0.3, 0.4) is 0 Å². The van der Waals surface area contributed by atoms with Gasteiger partial charge in [0, 0.05) is 17.2 Å². The summed E-state index contributed by atoms with van der Waals surface area (Å²) in [6.45, 7) is 0. The predicted octanol–water partition coefficient (Wildman–Crippen LogP) is 0.516. The Kier molecular flexibility index (Phi) is 1.25. The first kappa shape index (κ1) is 7.25. The fourth-order valence-corrected chi connectivity index (χ4v) is 1.51. The summed E-state index contributed by atoms with van der Waals surface area (Å²) in [5.74, 6) is 0. The van der Waals surface area contributed by atoms with Crippen molar-refractivity contribution in [2.75, 3.05) is 0 Å². The Labute approximate surface area is 78.8 Å². The van der Waals surface area contributed by atoms with Crippen molar-refractivity contribution in [3.8, 4) is 0 Å². The second kappa shape index (κ2) is 2.41. The molecular formula is C9H6N4O. The molecule has 3 aromatic rings. The van der Waals surface area contributed by atoms with Crippen LogP contribution in [0.1, 0.15) is 0 Å². The lowest BCUT2D eigenvalue weighted by Crippen LogP contribution is -2.32. The van der Waals surface area contributed by atoms with Crippen molar-refractivity contribution in [3.05, 3.63) is 41.7 Å². The van der Waals surface area contributed by atoms with E-state index in [2.05, 4.69) is 10.2 Å². The average Bonchev–Trinajstić information content (AvgIpc) is 2.66. The molecule has 0 aliphatic rings. The molecule has 3 rings (SSSR count). The van der Waals surface area contributed by atoms with Crippen molar-refractivity contribution in [2.45, 2.75) is 0 Å². The average molecular weight is 186 g/mol. The standard InChI is InChI=1S/C9H6N4O/c14-13-8-4-2-1-3-7(8)12-9(11-13)5-6-10-12/h1-6H. The van der Waals surface area contributed by atoms with Crippen LogP contribution in [0.5, 0.6) is 0 Å². The SMILES string of the molecule is [O-][n+]1nc2ccnn2c2ccccc21. The van der Waals surface area contributed by atoms with Gasteiger partial charge in [-0.1, -0.05) is 12.1 Å². The number of para-hydroxylation sites is 2. The normalized spacial score (nSPS) is 11.1. The van der Waals surface area contributed by atoms with E-state index in [0.717, 1.165) is 5.52 Å². The molecule has 0 radical (unpaired) electrons. The molecule has 2 heterocycles. The van der Waals surface area contributed by atoms with Crippen molar-refractivity contribution in [3.63, 3.8) is 0 Å². The third kappa shape index (κ3) is 0.806. The van der Waals surface area contributed by atoms with Gasteiger partial charge >= 0.3 is 0 Å². The minimum absolute atomic E-state index is 0.517. The highest BCUT2D eigenvalue weighted by Gasteiger charge is 2.09. The van der Waals surface area contributed by atoms with Gasteiger partial charge in [0.2, 0.25) is 5.65 Å². The van der Waals surface area contributed by atoms with Gasteiger partial charge in [-0.05, 0) is 10.9 Å². The fourth-order valence-electron chi connectivity index (χ4n) is 1.51. The van der Waals surface area contributed by atoms with Gasteiger partial charge in [-0.25, -0.2) is 4.52 Å². The minimum atomic E-state index is 0.517. The molecule has 0 N–H and O–H groups in total. The molecule has 2 aromatic heterocycles. The Balaban J connectivity index is 2.67. The summed E-state index contributed by atoms with van der Waals surface area (Å²) in [5, 5.41) is 19.4. The van der Waals surface area contributed by atoms with Gasteiger partial charge in [-0.2, -0.15) is 5.10 Å². The molecule has 5 nitrogen and oxygen atoms in total. The molecule has 0 bridgehead atoms. The third-order valence-corrected chi connectivity index (χ3v) is 2.13. The number of fused-ring (bicyclic) bond motifs is 3. The van der Waals surface area contributed by atoms with Crippen LogP contribution in [0.4, 0.5) is 0 Å². The van der Waals surface area contributed by atoms with Gasteiger partial charge < -0.3 is 5.21 Å². The maximum atomic E-state index is 11.5. The molecule has 0 spiro atoms. The smallest absolute Gasteiger partial charge is 0.270 e. The van der Waals surface area contributed by atoms with E-state index in [0.29, 0.717) is 16.0 Å². The van der Waals surface area contributed by atoms with E-state index in [1.54, 1.807) is 28.9 Å². The number of benzene rings is 1. The predicted molar refractivity (Wildman–Crippen MR) is 49.5 cm³/mol. The van der Waals surface area contributed by atoms with E-state index >= 15 is 0 Å². The molecule has 0 saturated heterocycles. The Morgan fingerprint density at radius 1 is 1.21 bits per heavy atom. The minimum Gasteiger partial charge on any atom is -0.594 e. The van der Waals surface area contributed by atoms with Crippen LogP contribution in [0, 0.1) is 5.21 Å². The highest BCUT2D eigenvalue weighted by Crippen LogP contribution is 2.09. The first-order valence-electron chi connectivity index (χ1n) is 4.18. The molecule has 0 amide bonds. The van der Waals surface area contributed by atoms with Crippen molar-refractivity contribution >= 4 is 16.7 Å². The fraction of sp³-hybridized carbons (Fsp3) is 0. The Hall–Kier alpha value is -2.17. The molecule has 5 heteroatoms. The summed E-state index contributed by atoms with van der Waals surface area (Å²) in [7, 11) is 0. The number of rotatable bonds is 0. The zero-order chi connectivity index (χ0) is 9.54. The van der Waals surface area contributed by atoms with Crippen LogP contribution in [-0.2, 0) is 0 Å². The maximum absolute atomic E-state index is 11.5. The quantitative estimate of drug-likeness (QED) is 0.380. The molecule has 0 aliphatic carbocycles. The molecule has 0 saturated carbocycles. The van der Waals surface area contributed by atoms with Gasteiger partial charge in [0.25, 0.3) is 5.52 Å². The van der Waals surface area contributed by atoms with E-state index in [-0.39, 0.29) is 0 Å². The zero-order valence-electron chi connectivity index (χ0n) is 7.16. The van der Waals surface area contributed by atoms with Crippen molar-refractivity contribution in [1.82, 2.24) is 14.7 Å². The van der Waals surface area contributed by atoms with E-state index < -0.39 is 0 Å². The monoisotopic (exact) mass is 186 g/mol. The zero-order valence-corrected chi connectivity index (χ0v) is 7.16. The molecule has 1 aromatic carbocycles. The lowest BCUT2D eigenvalue weighted by Gasteiger charge is -1.99.